The van der Waals surface area contributed by atoms with Crippen LogP contribution in [0.4, 0.5) is 0 Å². The fourth-order valence-corrected chi connectivity index (χ4v) is 3.02. The quantitative estimate of drug-likeness (QED) is 0.0805. The van der Waals surface area contributed by atoms with Gasteiger partial charge in [-0.3, -0.25) is 9.59 Å². The van der Waals surface area contributed by atoms with E-state index in [-0.39, 0.29) is 70.6 Å². The van der Waals surface area contributed by atoms with Crippen molar-refractivity contribution in [2.75, 3.05) is 0 Å². The molecule has 0 aliphatic rings. The number of carbonyl (C=O) groups is 5. The Balaban J connectivity index is 0. The van der Waals surface area contributed by atoms with Gasteiger partial charge in [0, 0.05) is 18.8 Å². The molecule has 4 N–H and O–H groups in total. The summed E-state index contributed by atoms with van der Waals surface area (Å²) in [6, 6.07) is -2.66. The number of ether oxygens (including phenoxy) is 1. The predicted molar refractivity (Wildman–Crippen MR) is 114 cm³/mol. The fraction of sp³-hybridized carbons (Fsp3) is 0.773. The van der Waals surface area contributed by atoms with Crippen LogP contribution in [0.5, 0.6) is 0 Å². The van der Waals surface area contributed by atoms with Gasteiger partial charge in [0.2, 0.25) is 5.91 Å². The zero-order chi connectivity index (χ0) is 24.4. The summed E-state index contributed by atoms with van der Waals surface area (Å²) >= 11 is 0. The maximum Gasteiger partial charge on any atom is 1.00 e. The van der Waals surface area contributed by atoms with E-state index in [1.54, 1.807) is 0 Å². The number of hydrogen-bond donors (Lipinski definition) is 3. The number of carbonyl (C=O) groups excluding carboxylic acids is 4. The molecular weight excluding hydrogens is 459 g/mol. The minimum absolute atomic E-state index is 0. The molecule has 0 aromatic rings. The van der Waals surface area contributed by atoms with E-state index in [4.69, 9.17) is 10.8 Å². The van der Waals surface area contributed by atoms with Crippen molar-refractivity contribution in [1.29, 1.82) is 0 Å². The van der Waals surface area contributed by atoms with Crippen LogP contribution in [-0.2, 0) is 28.7 Å². The van der Waals surface area contributed by atoms with Crippen LogP contribution in [0, 0.1) is 0 Å². The van der Waals surface area contributed by atoms with Gasteiger partial charge in [-0.25, -0.2) is 9.59 Å². The van der Waals surface area contributed by atoms with E-state index in [0.29, 0.717) is 6.42 Å². The Morgan fingerprint density at radius 3 is 1.91 bits per heavy atom. The molecule has 2 unspecified atom stereocenters. The first kappa shape index (κ1) is 34.3. The van der Waals surface area contributed by atoms with Gasteiger partial charge in [0.1, 0.15) is 12.1 Å². The summed E-state index contributed by atoms with van der Waals surface area (Å²) in [5.41, 5.74) is 5.48. The summed E-state index contributed by atoms with van der Waals surface area (Å²) in [6.07, 6.45) is 8.48. The third kappa shape index (κ3) is 20.3. The third-order valence-electron chi connectivity index (χ3n) is 4.94. The molecule has 0 rings (SSSR count). The van der Waals surface area contributed by atoms with E-state index in [0.717, 1.165) is 19.3 Å². The van der Waals surface area contributed by atoms with Crippen molar-refractivity contribution in [3.63, 3.8) is 0 Å². The van der Waals surface area contributed by atoms with Crippen molar-refractivity contribution in [3.8, 4) is 0 Å². The van der Waals surface area contributed by atoms with E-state index in [1.165, 1.54) is 32.1 Å². The molecule has 0 saturated heterocycles. The topological polar surface area (TPSA) is 176 Å². The Bertz CT molecular complexity index is 615. The van der Waals surface area contributed by atoms with E-state index >= 15 is 0 Å². The average Bonchev–Trinajstić information content (AvgIpc) is 2.73. The van der Waals surface area contributed by atoms with E-state index in [1.807, 2.05) is 0 Å². The summed E-state index contributed by atoms with van der Waals surface area (Å²) in [5.74, 6) is -5.28. The van der Waals surface area contributed by atoms with Crippen LogP contribution in [0.2, 0.25) is 0 Å². The first-order valence-electron chi connectivity index (χ1n) is 11.4. The molecule has 0 aromatic heterocycles. The molecule has 2 atom stereocenters. The summed E-state index contributed by atoms with van der Waals surface area (Å²) < 4.78 is 4.61. The molecule has 0 heterocycles. The predicted octanol–water partition coefficient (Wildman–Crippen LogP) is -1.81. The number of carboxylic acids is 2. The second kappa shape index (κ2) is 21.7. The van der Waals surface area contributed by atoms with Crippen LogP contribution in [0.3, 0.4) is 0 Å². The number of aliphatic carboxylic acids is 2. The van der Waals surface area contributed by atoms with Crippen LogP contribution < -0.4 is 67.5 Å². The fourth-order valence-electron chi connectivity index (χ4n) is 3.02. The summed E-state index contributed by atoms with van der Waals surface area (Å²) in [7, 11) is 0. The van der Waals surface area contributed by atoms with Crippen molar-refractivity contribution in [1.82, 2.24) is 5.32 Å². The zero-order valence-electron chi connectivity index (χ0n) is 19.9. The Labute approximate surface area is 238 Å². The van der Waals surface area contributed by atoms with Gasteiger partial charge in [-0.05, 0) is 25.7 Å². The molecule has 0 aliphatic heterocycles. The van der Waals surface area contributed by atoms with Gasteiger partial charge in [-0.2, -0.15) is 0 Å². The van der Waals surface area contributed by atoms with E-state index < -0.39 is 54.7 Å². The van der Waals surface area contributed by atoms with Crippen LogP contribution in [0.25, 0.3) is 0 Å². The molecule has 1 amide bonds. The first-order valence-corrected chi connectivity index (χ1v) is 11.4. The summed E-state index contributed by atoms with van der Waals surface area (Å²) in [6.45, 7) is 2.17. The number of nitrogens with two attached hydrogens (primary N) is 1. The van der Waals surface area contributed by atoms with E-state index in [2.05, 4.69) is 17.0 Å². The molecule has 0 saturated carbocycles. The molecule has 11 heteroatoms. The molecule has 0 fully saturated rings. The Morgan fingerprint density at radius 1 is 0.848 bits per heavy atom. The number of carboxylic acid groups (broad SMARTS) is 2. The SMILES string of the molecule is CCCCCCCCCCCC(=O)NC(CCC(=O)O)C(=O)OC(=O)C(N)CCC(=O)[O-].[K+]. The number of amides is 1. The maximum atomic E-state index is 12.2. The zero-order valence-corrected chi connectivity index (χ0v) is 23.1. The third-order valence-corrected chi connectivity index (χ3v) is 4.94. The Hall–Kier alpha value is -0.854. The summed E-state index contributed by atoms with van der Waals surface area (Å²) in [5, 5.41) is 21.7. The first-order chi connectivity index (χ1) is 15.2. The molecule has 0 bridgehead atoms. The minimum Gasteiger partial charge on any atom is -0.550 e. The van der Waals surface area contributed by atoms with Gasteiger partial charge in [0.15, 0.2) is 0 Å². The van der Waals surface area contributed by atoms with Gasteiger partial charge in [0.25, 0.3) is 0 Å². The molecular formula is C22H37KN2O8. The number of rotatable bonds is 19. The molecule has 0 aliphatic carbocycles. The van der Waals surface area contributed by atoms with Gasteiger partial charge in [0.05, 0.1) is 0 Å². The molecule has 0 spiro atoms. The Kier molecular flexibility index (Phi) is 22.5. The standard InChI is InChI=1S/C22H38N2O8.K/c1-2-3-4-5-6-7-8-9-10-11-18(25)24-17(13-15-20(28)29)22(31)32-21(30)16(23)12-14-19(26)27;/h16-17H,2-15,23H2,1H3,(H,24,25)(H,26,27)(H,28,29);/q;+1/p-1. The average molecular weight is 497 g/mol. The van der Waals surface area contributed by atoms with Crippen LogP contribution >= 0.6 is 0 Å². The monoisotopic (exact) mass is 496 g/mol. The number of unbranched alkanes of at least 4 members (excludes halogenated alkanes) is 8. The number of hydrogen-bond acceptors (Lipinski definition) is 8. The molecule has 184 valence electrons. The smallest absolute Gasteiger partial charge is 0.550 e. The molecule has 10 nitrogen and oxygen atoms in total. The number of nitrogens with one attached hydrogen (secondary N) is 1. The molecule has 0 radical (unpaired) electrons. The van der Waals surface area contributed by atoms with Crippen LogP contribution in [0.1, 0.15) is 96.8 Å². The summed E-state index contributed by atoms with van der Waals surface area (Å²) in [4.78, 5) is 57.5. The van der Waals surface area contributed by atoms with Crippen molar-refractivity contribution in [3.05, 3.63) is 0 Å². The van der Waals surface area contributed by atoms with Gasteiger partial charge in [-0.15, -0.1) is 0 Å². The van der Waals surface area contributed by atoms with Crippen LogP contribution in [-0.4, -0.2) is 47.0 Å². The molecule has 33 heavy (non-hydrogen) atoms. The van der Waals surface area contributed by atoms with Crippen molar-refractivity contribution < 1.29 is 90.3 Å². The second-order valence-corrected chi connectivity index (χ2v) is 7.89. The van der Waals surface area contributed by atoms with Crippen molar-refractivity contribution in [2.45, 2.75) is 109 Å². The largest absolute Gasteiger partial charge is 1.00 e. The van der Waals surface area contributed by atoms with Crippen molar-refractivity contribution >= 4 is 29.8 Å². The number of esters is 2. The minimum atomic E-state index is -1.40. The Morgan fingerprint density at radius 2 is 1.39 bits per heavy atom. The van der Waals surface area contributed by atoms with Crippen molar-refractivity contribution in [2.24, 2.45) is 5.73 Å². The van der Waals surface area contributed by atoms with Crippen LogP contribution in [0.15, 0.2) is 0 Å². The van der Waals surface area contributed by atoms with Gasteiger partial charge >= 0.3 is 69.3 Å². The normalized spacial score (nSPS) is 12.2. The maximum absolute atomic E-state index is 12.2. The molecule has 0 aromatic carbocycles. The van der Waals surface area contributed by atoms with Gasteiger partial charge in [-0.1, -0.05) is 58.3 Å². The van der Waals surface area contributed by atoms with E-state index in [9.17, 15) is 29.1 Å². The second-order valence-electron chi connectivity index (χ2n) is 7.89. The van der Waals surface area contributed by atoms with Gasteiger partial charge < -0.3 is 30.8 Å².